The highest BCUT2D eigenvalue weighted by Gasteiger charge is 2.23. The van der Waals surface area contributed by atoms with E-state index in [1.807, 2.05) is 13.8 Å². The average Bonchev–Trinajstić information content (AvgIpc) is 2.31. The molecule has 0 unspecified atom stereocenters. The molecule has 0 spiro atoms. The van der Waals surface area contributed by atoms with Gasteiger partial charge >= 0.3 is 0 Å². The van der Waals surface area contributed by atoms with Gasteiger partial charge in [0.2, 0.25) is 5.91 Å². The average molecular weight is 272 g/mol. The highest BCUT2D eigenvalue weighted by Crippen LogP contribution is 2.36. The van der Waals surface area contributed by atoms with E-state index in [0.29, 0.717) is 18.8 Å². The molecular weight excluding hydrogens is 258 g/mol. The maximum Gasteiger partial charge on any atom is 0.294 e. The molecule has 1 rings (SSSR count). The molecule has 0 radical (unpaired) electrons. The largest absolute Gasteiger partial charge is 0.366 e. The van der Waals surface area contributed by atoms with Crippen molar-refractivity contribution in [1.29, 1.82) is 0 Å². The predicted octanol–water partition coefficient (Wildman–Crippen LogP) is 2.19. The molecule has 2 N–H and O–H groups in total. The molecule has 18 heavy (non-hydrogen) atoms. The first kappa shape index (κ1) is 14.2. The minimum atomic E-state index is -0.744. The molecule has 0 aliphatic rings. The first-order chi connectivity index (χ1) is 8.42. The number of carbonyl (C=O) groups excluding carboxylic acids is 1. The van der Waals surface area contributed by atoms with Crippen LogP contribution in [0.25, 0.3) is 0 Å². The number of nitro benzene ring substituents is 1. The van der Waals surface area contributed by atoms with Crippen LogP contribution in [0.2, 0.25) is 5.02 Å². The lowest BCUT2D eigenvalue weighted by atomic mass is 10.1. The number of carbonyl (C=O) groups is 1. The highest BCUT2D eigenvalue weighted by atomic mass is 35.5. The molecule has 1 amide bonds. The standard InChI is InChI=1S/C11H14ClN3O3/c1-3-14(4-2)10-8(12)5-7(11(13)16)6-9(10)15(17)18/h5-6H,3-4H2,1-2H3,(H2,13,16). The van der Waals surface area contributed by atoms with Gasteiger partial charge in [-0.2, -0.15) is 0 Å². The van der Waals surface area contributed by atoms with Crippen LogP contribution in [-0.2, 0) is 0 Å². The van der Waals surface area contributed by atoms with E-state index in [4.69, 9.17) is 17.3 Å². The van der Waals surface area contributed by atoms with E-state index in [1.165, 1.54) is 6.07 Å². The Labute approximate surface area is 109 Å². The molecule has 0 atom stereocenters. The zero-order chi connectivity index (χ0) is 13.9. The third-order valence-electron chi connectivity index (χ3n) is 2.60. The van der Waals surface area contributed by atoms with Gasteiger partial charge in [0.1, 0.15) is 5.69 Å². The van der Waals surface area contributed by atoms with Gasteiger partial charge in [0.25, 0.3) is 5.69 Å². The second kappa shape index (κ2) is 5.68. The molecule has 7 heteroatoms. The maximum atomic E-state index is 11.1. The van der Waals surface area contributed by atoms with Crippen molar-refractivity contribution in [2.45, 2.75) is 13.8 Å². The number of amides is 1. The number of primary amides is 1. The van der Waals surface area contributed by atoms with E-state index in [9.17, 15) is 14.9 Å². The summed E-state index contributed by atoms with van der Waals surface area (Å²) in [6, 6.07) is 2.51. The number of hydrogen-bond acceptors (Lipinski definition) is 4. The Morgan fingerprint density at radius 1 is 1.44 bits per heavy atom. The number of anilines is 1. The fourth-order valence-electron chi connectivity index (χ4n) is 1.72. The number of halogens is 1. The maximum absolute atomic E-state index is 11.1. The van der Waals surface area contributed by atoms with Gasteiger partial charge in [0.05, 0.1) is 9.95 Å². The SMILES string of the molecule is CCN(CC)c1c(Cl)cc(C(N)=O)cc1[N+](=O)[O-]. The number of hydrogen-bond donors (Lipinski definition) is 1. The molecule has 98 valence electrons. The Hall–Kier alpha value is -1.82. The predicted molar refractivity (Wildman–Crippen MR) is 70.2 cm³/mol. The van der Waals surface area contributed by atoms with Crippen LogP contribution in [-0.4, -0.2) is 23.9 Å². The third-order valence-corrected chi connectivity index (χ3v) is 2.89. The van der Waals surface area contributed by atoms with Crippen molar-refractivity contribution >= 4 is 28.9 Å². The van der Waals surface area contributed by atoms with Crippen LogP contribution in [0.4, 0.5) is 11.4 Å². The van der Waals surface area contributed by atoms with Crippen molar-refractivity contribution in [2.75, 3.05) is 18.0 Å². The zero-order valence-electron chi connectivity index (χ0n) is 10.1. The Morgan fingerprint density at radius 3 is 2.39 bits per heavy atom. The lowest BCUT2D eigenvalue weighted by Gasteiger charge is -2.22. The fourth-order valence-corrected chi connectivity index (χ4v) is 2.05. The Morgan fingerprint density at radius 2 is 2.00 bits per heavy atom. The molecule has 0 aliphatic carbocycles. The van der Waals surface area contributed by atoms with E-state index in [-0.39, 0.29) is 16.3 Å². The van der Waals surface area contributed by atoms with Gasteiger partial charge in [0, 0.05) is 24.7 Å². The number of benzene rings is 1. The molecular formula is C11H14ClN3O3. The molecule has 0 bridgehead atoms. The van der Waals surface area contributed by atoms with Crippen molar-refractivity contribution < 1.29 is 9.72 Å². The van der Waals surface area contributed by atoms with Crippen LogP contribution < -0.4 is 10.6 Å². The Kier molecular flexibility index (Phi) is 4.49. The molecule has 1 aromatic carbocycles. The third kappa shape index (κ3) is 2.70. The van der Waals surface area contributed by atoms with Crippen molar-refractivity contribution in [3.8, 4) is 0 Å². The molecule has 0 saturated heterocycles. The van der Waals surface area contributed by atoms with E-state index in [1.54, 1.807) is 4.90 Å². The van der Waals surface area contributed by atoms with Crippen LogP contribution in [0.3, 0.4) is 0 Å². The number of nitrogens with two attached hydrogens (primary N) is 1. The van der Waals surface area contributed by atoms with Crippen LogP contribution in [0.5, 0.6) is 0 Å². The van der Waals surface area contributed by atoms with Gasteiger partial charge in [-0.25, -0.2) is 0 Å². The summed E-state index contributed by atoms with van der Waals surface area (Å²) in [7, 11) is 0. The molecule has 6 nitrogen and oxygen atoms in total. The van der Waals surface area contributed by atoms with Crippen LogP contribution >= 0.6 is 11.6 Å². The van der Waals surface area contributed by atoms with Gasteiger partial charge in [-0.15, -0.1) is 0 Å². The second-order valence-electron chi connectivity index (χ2n) is 3.62. The molecule has 0 aliphatic heterocycles. The van der Waals surface area contributed by atoms with Gasteiger partial charge in [-0.3, -0.25) is 14.9 Å². The van der Waals surface area contributed by atoms with Gasteiger partial charge in [-0.05, 0) is 19.9 Å². The van der Waals surface area contributed by atoms with Gasteiger partial charge in [-0.1, -0.05) is 11.6 Å². The van der Waals surface area contributed by atoms with E-state index >= 15 is 0 Å². The Bertz CT molecular complexity index is 487. The fraction of sp³-hybridized carbons (Fsp3) is 0.364. The number of rotatable bonds is 5. The summed E-state index contributed by atoms with van der Waals surface area (Å²) in [6.07, 6.45) is 0. The summed E-state index contributed by atoms with van der Waals surface area (Å²) < 4.78 is 0. The quantitative estimate of drug-likeness (QED) is 0.656. The first-order valence-electron chi connectivity index (χ1n) is 5.45. The zero-order valence-corrected chi connectivity index (χ0v) is 10.9. The summed E-state index contributed by atoms with van der Waals surface area (Å²) in [4.78, 5) is 23.3. The normalized spacial score (nSPS) is 10.2. The summed E-state index contributed by atoms with van der Waals surface area (Å²) in [5, 5.41) is 11.2. The van der Waals surface area contributed by atoms with Crippen molar-refractivity contribution in [3.63, 3.8) is 0 Å². The Balaban J connectivity index is 3.50. The summed E-state index contributed by atoms with van der Waals surface area (Å²) in [6.45, 7) is 4.89. The summed E-state index contributed by atoms with van der Waals surface area (Å²) in [5.74, 6) is -0.744. The van der Waals surface area contributed by atoms with Crippen molar-refractivity contribution in [2.24, 2.45) is 5.73 Å². The minimum absolute atomic E-state index is 0.0302. The highest BCUT2D eigenvalue weighted by molar-refractivity contribution is 6.34. The van der Waals surface area contributed by atoms with Gasteiger partial charge < -0.3 is 10.6 Å². The monoisotopic (exact) mass is 271 g/mol. The van der Waals surface area contributed by atoms with E-state index < -0.39 is 10.8 Å². The molecule has 0 aromatic heterocycles. The van der Waals surface area contributed by atoms with Crippen LogP contribution in [0.15, 0.2) is 12.1 Å². The van der Waals surface area contributed by atoms with Crippen molar-refractivity contribution in [3.05, 3.63) is 32.8 Å². The second-order valence-corrected chi connectivity index (χ2v) is 4.03. The van der Waals surface area contributed by atoms with E-state index in [2.05, 4.69) is 0 Å². The molecule has 0 heterocycles. The first-order valence-corrected chi connectivity index (χ1v) is 5.82. The topological polar surface area (TPSA) is 89.5 Å². The number of nitrogens with zero attached hydrogens (tertiary/aromatic N) is 2. The minimum Gasteiger partial charge on any atom is -0.366 e. The molecule has 0 fully saturated rings. The van der Waals surface area contributed by atoms with Crippen molar-refractivity contribution in [1.82, 2.24) is 0 Å². The number of nitro groups is 1. The molecule has 0 saturated carbocycles. The summed E-state index contributed by atoms with van der Waals surface area (Å²) >= 11 is 6.02. The van der Waals surface area contributed by atoms with Crippen LogP contribution in [0.1, 0.15) is 24.2 Å². The van der Waals surface area contributed by atoms with E-state index in [0.717, 1.165) is 6.07 Å². The lowest BCUT2D eigenvalue weighted by Crippen LogP contribution is -2.24. The van der Waals surface area contributed by atoms with Crippen LogP contribution in [0, 0.1) is 10.1 Å². The smallest absolute Gasteiger partial charge is 0.294 e. The lowest BCUT2D eigenvalue weighted by molar-refractivity contribution is -0.384. The van der Waals surface area contributed by atoms with Gasteiger partial charge in [0.15, 0.2) is 0 Å². The summed E-state index contributed by atoms with van der Waals surface area (Å²) in [5.41, 5.74) is 5.25. The molecule has 1 aromatic rings.